The van der Waals surface area contributed by atoms with E-state index >= 15 is 0 Å². The maximum absolute atomic E-state index is 12.4. The number of carbonyl (C=O) groups excluding carboxylic acids is 2. The molecule has 1 aliphatic rings. The van der Waals surface area contributed by atoms with Gasteiger partial charge in [0.25, 0.3) is 5.91 Å². The molecule has 0 saturated heterocycles. The molecule has 1 fully saturated rings. The van der Waals surface area contributed by atoms with Crippen LogP contribution in [-0.4, -0.2) is 18.4 Å². The van der Waals surface area contributed by atoms with Crippen LogP contribution in [0.3, 0.4) is 0 Å². The maximum atomic E-state index is 12.4. The van der Waals surface area contributed by atoms with Gasteiger partial charge < -0.3 is 10.1 Å². The lowest BCUT2D eigenvalue weighted by atomic mass is 9.83. The summed E-state index contributed by atoms with van der Waals surface area (Å²) in [7, 11) is 0. The van der Waals surface area contributed by atoms with Gasteiger partial charge in [-0.2, -0.15) is 0 Å². The summed E-state index contributed by atoms with van der Waals surface area (Å²) in [6, 6.07) is 9.14. The minimum absolute atomic E-state index is 0.236. The molecular weight excluding hydrogens is 278 g/mol. The molecule has 0 radical (unpaired) electrons. The van der Waals surface area contributed by atoms with E-state index in [4.69, 9.17) is 4.74 Å². The summed E-state index contributed by atoms with van der Waals surface area (Å²) in [5.74, 6) is 0.648. The Bertz CT molecular complexity index is 492. The van der Waals surface area contributed by atoms with Crippen molar-refractivity contribution in [1.82, 2.24) is 5.32 Å². The number of esters is 1. The third-order valence-electron chi connectivity index (χ3n) is 4.32. The molecule has 0 heterocycles. The molecule has 120 valence electrons. The zero-order valence-electron chi connectivity index (χ0n) is 13.4. The van der Waals surface area contributed by atoms with Gasteiger partial charge in [-0.15, -0.1) is 0 Å². The summed E-state index contributed by atoms with van der Waals surface area (Å²) >= 11 is 0. The fourth-order valence-corrected chi connectivity index (χ4v) is 2.94. The van der Waals surface area contributed by atoms with Gasteiger partial charge in [-0.25, -0.2) is 0 Å². The second kappa shape index (κ2) is 7.97. The highest BCUT2D eigenvalue weighted by Gasteiger charge is 2.25. The third-order valence-corrected chi connectivity index (χ3v) is 4.32. The topological polar surface area (TPSA) is 55.4 Å². The van der Waals surface area contributed by atoms with E-state index in [1.165, 1.54) is 19.8 Å². The molecule has 1 unspecified atom stereocenters. The van der Waals surface area contributed by atoms with Crippen molar-refractivity contribution in [3.05, 3.63) is 35.9 Å². The molecule has 0 spiro atoms. The highest BCUT2D eigenvalue weighted by molar-refractivity contribution is 5.84. The summed E-state index contributed by atoms with van der Waals surface area (Å²) in [6.07, 6.45) is 3.91. The number of rotatable bonds is 5. The molecule has 1 amide bonds. The average molecular weight is 303 g/mol. The zero-order valence-corrected chi connectivity index (χ0v) is 13.4. The van der Waals surface area contributed by atoms with Gasteiger partial charge in [-0.3, -0.25) is 9.59 Å². The van der Waals surface area contributed by atoms with Crippen LogP contribution in [0.2, 0.25) is 0 Å². The Kier molecular flexibility index (Phi) is 5.99. The maximum Gasteiger partial charge on any atom is 0.303 e. The largest absolute Gasteiger partial charge is 0.447 e. The molecule has 2 rings (SSSR count). The lowest BCUT2D eigenvalue weighted by Crippen LogP contribution is -2.36. The summed E-state index contributed by atoms with van der Waals surface area (Å²) in [4.78, 5) is 23.7. The monoisotopic (exact) mass is 303 g/mol. The number of nitrogens with one attached hydrogen (secondary N) is 1. The highest BCUT2D eigenvalue weighted by Crippen LogP contribution is 2.28. The second-order valence-electron chi connectivity index (χ2n) is 6.27. The van der Waals surface area contributed by atoms with Crippen LogP contribution in [0, 0.1) is 11.8 Å². The van der Waals surface area contributed by atoms with E-state index in [1.54, 1.807) is 12.1 Å². The summed E-state index contributed by atoms with van der Waals surface area (Å²) in [6.45, 7) is 4.27. The van der Waals surface area contributed by atoms with Crippen molar-refractivity contribution in [1.29, 1.82) is 0 Å². The van der Waals surface area contributed by atoms with Crippen LogP contribution in [0.1, 0.15) is 51.2 Å². The van der Waals surface area contributed by atoms with Crippen molar-refractivity contribution >= 4 is 11.9 Å². The van der Waals surface area contributed by atoms with E-state index in [9.17, 15) is 9.59 Å². The van der Waals surface area contributed by atoms with Gasteiger partial charge in [-0.05, 0) is 24.7 Å². The lowest BCUT2D eigenvalue weighted by molar-refractivity contribution is -0.154. The SMILES string of the molecule is CC(=O)OC(C(=O)NCC1CCC(C)CC1)c1ccccc1. The van der Waals surface area contributed by atoms with Gasteiger partial charge in [0.15, 0.2) is 0 Å². The first-order valence-electron chi connectivity index (χ1n) is 8.06. The molecule has 4 heteroatoms. The molecule has 0 aliphatic heterocycles. The van der Waals surface area contributed by atoms with Crippen LogP contribution in [-0.2, 0) is 14.3 Å². The number of ether oxygens (including phenoxy) is 1. The summed E-state index contributed by atoms with van der Waals surface area (Å²) in [5.41, 5.74) is 0.701. The van der Waals surface area contributed by atoms with Crippen molar-refractivity contribution in [2.45, 2.75) is 45.6 Å². The zero-order chi connectivity index (χ0) is 15.9. The molecular formula is C18H25NO3. The van der Waals surface area contributed by atoms with Gasteiger partial charge in [0.05, 0.1) is 0 Å². The smallest absolute Gasteiger partial charge is 0.303 e. The van der Waals surface area contributed by atoms with E-state index < -0.39 is 12.1 Å². The fraction of sp³-hybridized carbons (Fsp3) is 0.556. The molecule has 0 bridgehead atoms. The van der Waals surface area contributed by atoms with Crippen molar-refractivity contribution in [2.75, 3.05) is 6.54 Å². The molecule has 1 atom stereocenters. The molecule has 1 aliphatic carbocycles. The first kappa shape index (κ1) is 16.5. The van der Waals surface area contributed by atoms with Crippen LogP contribution in [0.25, 0.3) is 0 Å². The van der Waals surface area contributed by atoms with Gasteiger partial charge >= 0.3 is 5.97 Å². The van der Waals surface area contributed by atoms with E-state index in [1.807, 2.05) is 18.2 Å². The fourth-order valence-electron chi connectivity index (χ4n) is 2.94. The number of hydrogen-bond acceptors (Lipinski definition) is 3. The molecule has 1 saturated carbocycles. The summed E-state index contributed by atoms with van der Waals surface area (Å²) in [5, 5.41) is 2.95. The number of benzene rings is 1. The Morgan fingerprint density at radius 1 is 1.18 bits per heavy atom. The highest BCUT2D eigenvalue weighted by atomic mass is 16.5. The molecule has 1 N–H and O–H groups in total. The molecule has 4 nitrogen and oxygen atoms in total. The Hall–Kier alpha value is -1.84. The normalized spacial score (nSPS) is 22.6. The number of hydrogen-bond donors (Lipinski definition) is 1. The predicted molar refractivity (Wildman–Crippen MR) is 85.1 cm³/mol. The number of carbonyl (C=O) groups is 2. The second-order valence-corrected chi connectivity index (χ2v) is 6.27. The van der Waals surface area contributed by atoms with Crippen LogP contribution < -0.4 is 5.32 Å². The van der Waals surface area contributed by atoms with Gasteiger partial charge in [0.1, 0.15) is 0 Å². The van der Waals surface area contributed by atoms with Crippen LogP contribution in [0.15, 0.2) is 30.3 Å². The Balaban J connectivity index is 1.93. The van der Waals surface area contributed by atoms with E-state index in [-0.39, 0.29) is 5.91 Å². The van der Waals surface area contributed by atoms with Crippen molar-refractivity contribution in [2.24, 2.45) is 11.8 Å². The number of amides is 1. The van der Waals surface area contributed by atoms with Crippen molar-refractivity contribution in [3.63, 3.8) is 0 Å². The van der Waals surface area contributed by atoms with Crippen LogP contribution >= 0.6 is 0 Å². The first-order chi connectivity index (χ1) is 10.6. The quantitative estimate of drug-likeness (QED) is 0.850. The van der Waals surface area contributed by atoms with Crippen LogP contribution in [0.5, 0.6) is 0 Å². The van der Waals surface area contributed by atoms with E-state index in [2.05, 4.69) is 12.2 Å². The minimum Gasteiger partial charge on any atom is -0.447 e. The Labute approximate surface area is 132 Å². The van der Waals surface area contributed by atoms with Crippen LogP contribution in [0.4, 0.5) is 0 Å². The van der Waals surface area contributed by atoms with Crippen molar-refractivity contribution in [3.8, 4) is 0 Å². The van der Waals surface area contributed by atoms with Gasteiger partial charge in [-0.1, -0.05) is 50.1 Å². The molecule has 0 aromatic heterocycles. The van der Waals surface area contributed by atoms with E-state index in [0.29, 0.717) is 18.0 Å². The predicted octanol–water partition coefficient (Wildman–Crippen LogP) is 3.23. The van der Waals surface area contributed by atoms with Gasteiger partial charge in [0.2, 0.25) is 6.10 Å². The lowest BCUT2D eigenvalue weighted by Gasteiger charge is -2.27. The molecule has 1 aromatic rings. The molecule has 22 heavy (non-hydrogen) atoms. The molecule has 1 aromatic carbocycles. The van der Waals surface area contributed by atoms with Crippen molar-refractivity contribution < 1.29 is 14.3 Å². The average Bonchev–Trinajstić information content (AvgIpc) is 2.52. The first-order valence-corrected chi connectivity index (χ1v) is 8.06. The minimum atomic E-state index is -0.860. The van der Waals surface area contributed by atoms with Gasteiger partial charge in [0, 0.05) is 19.0 Å². The summed E-state index contributed by atoms with van der Waals surface area (Å²) < 4.78 is 5.20. The Morgan fingerprint density at radius 3 is 2.41 bits per heavy atom. The van der Waals surface area contributed by atoms with E-state index in [0.717, 1.165) is 18.8 Å². The third kappa shape index (κ3) is 4.86. The standard InChI is InChI=1S/C18H25NO3/c1-13-8-10-15(11-9-13)12-19-18(21)17(22-14(2)20)16-6-4-3-5-7-16/h3-7,13,15,17H,8-12H2,1-2H3,(H,19,21). The Morgan fingerprint density at radius 2 is 1.82 bits per heavy atom.